The number of halogens is 4. The number of fused-ring (bicyclic) bond motifs is 2. The molecule has 1 aliphatic carbocycles. The zero-order valence-electron chi connectivity index (χ0n) is 22.5. The third-order valence-electron chi connectivity index (χ3n) is 7.79. The number of carbonyl (C=O) groups is 1. The average Bonchev–Trinajstić information content (AvgIpc) is 3.54. The maximum Gasteiger partial charge on any atom is 0.452 e. The molecule has 0 amide bonds. The number of ether oxygens (including phenoxy) is 1. The van der Waals surface area contributed by atoms with Crippen LogP contribution < -0.4 is 4.74 Å². The van der Waals surface area contributed by atoms with Crippen molar-refractivity contribution in [3.8, 4) is 5.88 Å². The number of benzene rings is 1. The van der Waals surface area contributed by atoms with Gasteiger partial charge in [-0.25, -0.2) is 17.9 Å². The monoisotopic (exact) mass is 603 g/mol. The molecule has 9 nitrogen and oxygen atoms in total. The van der Waals surface area contributed by atoms with E-state index in [1.54, 1.807) is 17.3 Å². The van der Waals surface area contributed by atoms with Gasteiger partial charge in [0.2, 0.25) is 11.7 Å². The van der Waals surface area contributed by atoms with E-state index in [9.17, 15) is 31.7 Å². The first-order valence-corrected chi connectivity index (χ1v) is 14.2. The van der Waals surface area contributed by atoms with Gasteiger partial charge in [0.25, 0.3) is 0 Å². The van der Waals surface area contributed by atoms with Crippen LogP contribution in [0, 0.1) is 19.7 Å². The van der Waals surface area contributed by atoms with E-state index in [1.165, 1.54) is 12.3 Å². The number of nitrogens with zero attached hydrogens (tertiary/aromatic N) is 5. The SMILES string of the molecule is Cc1ccc(C(CC(=O)O)c2ccn3c(C(F)(F)F)nnc3c2C)cc1CN1CC2(CC2)Oc2ncc(F)cc2S1=O. The molecule has 1 aromatic carbocycles. The highest BCUT2D eigenvalue weighted by Gasteiger charge is 2.50. The average molecular weight is 604 g/mol. The minimum Gasteiger partial charge on any atom is -0.481 e. The first kappa shape index (κ1) is 28.2. The molecule has 14 heteroatoms. The zero-order chi connectivity index (χ0) is 30.0. The lowest BCUT2D eigenvalue weighted by molar-refractivity contribution is -0.145. The molecular formula is C28H25F4N5O4S. The van der Waals surface area contributed by atoms with Crippen LogP contribution in [-0.4, -0.2) is 51.3 Å². The second-order valence-corrected chi connectivity index (χ2v) is 12.2. The molecular weight excluding hydrogens is 578 g/mol. The van der Waals surface area contributed by atoms with Crippen LogP contribution >= 0.6 is 0 Å². The largest absolute Gasteiger partial charge is 0.481 e. The lowest BCUT2D eigenvalue weighted by Crippen LogP contribution is -2.35. The Kier molecular flexibility index (Phi) is 6.80. The van der Waals surface area contributed by atoms with E-state index in [1.807, 2.05) is 19.1 Å². The van der Waals surface area contributed by atoms with Crippen molar-refractivity contribution in [2.75, 3.05) is 6.54 Å². The van der Waals surface area contributed by atoms with Gasteiger partial charge in [0.15, 0.2) is 5.65 Å². The maximum atomic E-state index is 14.0. The molecule has 2 atom stereocenters. The van der Waals surface area contributed by atoms with Crippen molar-refractivity contribution >= 4 is 22.6 Å². The van der Waals surface area contributed by atoms with Crippen molar-refractivity contribution in [1.82, 2.24) is 23.9 Å². The van der Waals surface area contributed by atoms with Gasteiger partial charge < -0.3 is 9.84 Å². The number of rotatable bonds is 6. The molecule has 0 saturated heterocycles. The summed E-state index contributed by atoms with van der Waals surface area (Å²) in [7, 11) is -1.78. The summed E-state index contributed by atoms with van der Waals surface area (Å²) < 4.78 is 76.5. The second-order valence-electron chi connectivity index (χ2n) is 10.7. The highest BCUT2D eigenvalue weighted by Crippen LogP contribution is 2.45. The Morgan fingerprint density at radius 1 is 1.19 bits per heavy atom. The van der Waals surface area contributed by atoms with Crippen molar-refractivity contribution in [2.45, 2.75) is 62.2 Å². The molecule has 0 bridgehead atoms. The fraction of sp³-hybridized carbons (Fsp3) is 0.357. The fourth-order valence-corrected chi connectivity index (χ4v) is 6.74. The van der Waals surface area contributed by atoms with E-state index in [-0.39, 0.29) is 29.4 Å². The number of hydrogen-bond acceptors (Lipinski definition) is 6. The summed E-state index contributed by atoms with van der Waals surface area (Å²) in [4.78, 5) is 16.1. The molecule has 3 aromatic heterocycles. The highest BCUT2D eigenvalue weighted by atomic mass is 32.2. The number of aliphatic carboxylic acids is 1. The van der Waals surface area contributed by atoms with Gasteiger partial charge in [-0.3, -0.25) is 9.20 Å². The summed E-state index contributed by atoms with van der Waals surface area (Å²) >= 11 is 0. The van der Waals surface area contributed by atoms with Gasteiger partial charge in [-0.1, -0.05) is 18.2 Å². The van der Waals surface area contributed by atoms with Crippen LogP contribution in [0.25, 0.3) is 5.65 Å². The van der Waals surface area contributed by atoms with Crippen LogP contribution in [0.4, 0.5) is 17.6 Å². The zero-order valence-corrected chi connectivity index (χ0v) is 23.3. The van der Waals surface area contributed by atoms with Crippen LogP contribution in [0.1, 0.15) is 58.8 Å². The van der Waals surface area contributed by atoms with Crippen molar-refractivity contribution in [2.24, 2.45) is 0 Å². The number of hydrogen-bond donors (Lipinski definition) is 1. The van der Waals surface area contributed by atoms with Crippen LogP contribution in [-0.2, 0) is 28.5 Å². The lowest BCUT2D eigenvalue weighted by Gasteiger charge is -2.24. The lowest BCUT2D eigenvalue weighted by atomic mass is 9.85. The topological polar surface area (TPSA) is 110 Å². The molecule has 2 unspecified atom stereocenters. The Labute approximate surface area is 239 Å². The summed E-state index contributed by atoms with van der Waals surface area (Å²) in [6.45, 7) is 3.98. The van der Waals surface area contributed by atoms with Gasteiger partial charge in [0.1, 0.15) is 27.3 Å². The Hall–Kier alpha value is -3.91. The molecule has 220 valence electrons. The fourth-order valence-electron chi connectivity index (χ4n) is 5.40. The smallest absolute Gasteiger partial charge is 0.452 e. The van der Waals surface area contributed by atoms with E-state index >= 15 is 0 Å². The Morgan fingerprint density at radius 3 is 2.64 bits per heavy atom. The molecule has 1 aliphatic heterocycles. The quantitative estimate of drug-likeness (QED) is 0.311. The minimum absolute atomic E-state index is 0.0169. The van der Waals surface area contributed by atoms with Crippen LogP contribution in [0.3, 0.4) is 0 Å². The third kappa shape index (κ3) is 5.13. The van der Waals surface area contributed by atoms with E-state index in [0.29, 0.717) is 23.2 Å². The number of carboxylic acid groups (broad SMARTS) is 1. The third-order valence-corrected chi connectivity index (χ3v) is 9.19. The van der Waals surface area contributed by atoms with Crippen molar-refractivity contribution in [3.63, 3.8) is 0 Å². The number of aryl methyl sites for hydroxylation is 2. The number of alkyl halides is 3. The molecule has 1 saturated carbocycles. The molecule has 1 N–H and O–H groups in total. The standard InChI is InChI=1S/C28H25F4N5O4S/c1-15-3-4-17(21(11-23(38)39)20-5-8-37-24(16(20)2)34-35-26(37)28(30,31)32)9-18(15)13-36-14-27(6-7-27)41-25-22(42(36)40)10-19(29)12-33-25/h3-5,8-10,12,21H,6-7,11,13-14H2,1-2H3,(H,38,39). The molecule has 2 aliphatic rings. The highest BCUT2D eigenvalue weighted by molar-refractivity contribution is 7.82. The molecule has 4 heterocycles. The van der Waals surface area contributed by atoms with E-state index < -0.39 is 46.3 Å². The molecule has 1 fully saturated rings. The molecule has 0 radical (unpaired) electrons. The summed E-state index contributed by atoms with van der Waals surface area (Å²) in [6, 6.07) is 8.05. The first-order chi connectivity index (χ1) is 19.8. The molecule has 42 heavy (non-hydrogen) atoms. The maximum absolute atomic E-state index is 14.0. The molecule has 6 rings (SSSR count). The Morgan fingerprint density at radius 2 is 1.95 bits per heavy atom. The predicted octanol–water partition coefficient (Wildman–Crippen LogP) is 4.96. The van der Waals surface area contributed by atoms with Crippen molar-refractivity contribution < 1.29 is 36.4 Å². The summed E-state index contributed by atoms with van der Waals surface area (Å²) in [5.74, 6) is -3.46. The Balaban J connectivity index is 1.38. The van der Waals surface area contributed by atoms with Gasteiger partial charge in [-0.2, -0.15) is 13.2 Å². The summed E-state index contributed by atoms with van der Waals surface area (Å²) in [6.07, 6.45) is -1.34. The van der Waals surface area contributed by atoms with Crippen LogP contribution in [0.15, 0.2) is 47.6 Å². The number of aromatic nitrogens is 4. The number of carboxylic acids is 1. The first-order valence-electron chi connectivity index (χ1n) is 13.1. The normalized spacial score (nSPS) is 18.9. The van der Waals surface area contributed by atoms with Crippen LogP contribution in [0.2, 0.25) is 0 Å². The molecule has 1 spiro atoms. The van der Waals surface area contributed by atoms with Gasteiger partial charge in [-0.05, 0) is 66.6 Å². The van der Waals surface area contributed by atoms with Crippen molar-refractivity contribution in [1.29, 1.82) is 0 Å². The van der Waals surface area contributed by atoms with Gasteiger partial charge in [0, 0.05) is 18.7 Å². The van der Waals surface area contributed by atoms with E-state index in [4.69, 9.17) is 4.74 Å². The number of pyridine rings is 2. The van der Waals surface area contributed by atoms with E-state index in [2.05, 4.69) is 15.2 Å². The van der Waals surface area contributed by atoms with Gasteiger partial charge in [-0.15, -0.1) is 10.2 Å². The predicted molar refractivity (Wildman–Crippen MR) is 142 cm³/mol. The van der Waals surface area contributed by atoms with E-state index in [0.717, 1.165) is 40.6 Å². The molecule has 4 aromatic rings. The summed E-state index contributed by atoms with van der Waals surface area (Å²) in [5.41, 5.74) is 2.53. The van der Waals surface area contributed by atoms with Crippen LogP contribution in [0.5, 0.6) is 5.88 Å². The van der Waals surface area contributed by atoms with Crippen molar-refractivity contribution in [3.05, 3.63) is 82.2 Å². The summed E-state index contributed by atoms with van der Waals surface area (Å²) in [5, 5.41) is 16.8. The van der Waals surface area contributed by atoms with Gasteiger partial charge in [0.05, 0.1) is 19.2 Å². The minimum atomic E-state index is -4.71. The Bertz CT molecular complexity index is 1750. The second kappa shape index (κ2) is 10.1. The van der Waals surface area contributed by atoms with Gasteiger partial charge >= 0.3 is 12.1 Å².